The van der Waals surface area contributed by atoms with Crippen molar-refractivity contribution in [2.45, 2.75) is 58.9 Å². The Balaban J connectivity index is 1.89. The van der Waals surface area contributed by atoms with E-state index in [2.05, 4.69) is 36.4 Å². The van der Waals surface area contributed by atoms with Crippen molar-refractivity contribution in [2.75, 3.05) is 5.32 Å². The lowest BCUT2D eigenvalue weighted by atomic mass is 9.93. The molecule has 2 aromatic heterocycles. The Morgan fingerprint density at radius 3 is 2.77 bits per heavy atom. The van der Waals surface area contributed by atoms with Gasteiger partial charge in [0, 0.05) is 17.4 Å². The van der Waals surface area contributed by atoms with Gasteiger partial charge >= 0.3 is 0 Å². The molecule has 22 heavy (non-hydrogen) atoms. The Morgan fingerprint density at radius 1 is 1.36 bits per heavy atom. The minimum atomic E-state index is 0.527. The molecule has 3 rings (SSSR count). The van der Waals surface area contributed by atoms with Gasteiger partial charge in [0.05, 0.1) is 0 Å². The van der Waals surface area contributed by atoms with Gasteiger partial charge in [0.1, 0.15) is 5.52 Å². The van der Waals surface area contributed by atoms with Crippen LogP contribution in [-0.4, -0.2) is 14.5 Å². The molecule has 0 aromatic carbocycles. The fourth-order valence-corrected chi connectivity index (χ4v) is 2.83. The molecule has 1 aliphatic rings. The Morgan fingerprint density at radius 2 is 2.14 bits per heavy atom. The summed E-state index contributed by atoms with van der Waals surface area (Å²) in [7, 11) is 0. The van der Waals surface area contributed by atoms with Crippen LogP contribution >= 0.6 is 0 Å². The summed E-state index contributed by atoms with van der Waals surface area (Å²) in [5.74, 6) is 1.60. The molecule has 2 aromatic rings. The normalized spacial score (nSPS) is 15.3. The molecule has 4 nitrogen and oxygen atoms in total. The maximum Gasteiger partial charge on any atom is 0.209 e. The van der Waals surface area contributed by atoms with Crippen LogP contribution in [0.3, 0.4) is 0 Å². The first-order valence-corrected chi connectivity index (χ1v) is 8.35. The third-order valence-corrected chi connectivity index (χ3v) is 4.43. The number of allylic oxidation sites excluding steroid dienone is 1. The van der Waals surface area contributed by atoms with E-state index in [0.29, 0.717) is 12.0 Å². The number of imidazole rings is 1. The summed E-state index contributed by atoms with van der Waals surface area (Å²) in [5, 5.41) is 3.44. The molecular formula is C18H26N4. The molecule has 1 fully saturated rings. The van der Waals surface area contributed by atoms with Crippen LogP contribution in [0.2, 0.25) is 0 Å². The van der Waals surface area contributed by atoms with Crippen LogP contribution < -0.4 is 5.32 Å². The zero-order valence-corrected chi connectivity index (χ0v) is 13.9. The summed E-state index contributed by atoms with van der Waals surface area (Å²) < 4.78 is 2.28. The summed E-state index contributed by atoms with van der Waals surface area (Å²) in [6.45, 7) is 10.7. The van der Waals surface area contributed by atoms with Gasteiger partial charge in [0.2, 0.25) is 5.95 Å². The minimum absolute atomic E-state index is 0.527. The van der Waals surface area contributed by atoms with Crippen molar-refractivity contribution < 1.29 is 0 Å². The van der Waals surface area contributed by atoms with E-state index in [1.54, 1.807) is 0 Å². The minimum Gasteiger partial charge on any atom is -0.330 e. The predicted octanol–water partition coefficient (Wildman–Crippen LogP) is 4.83. The SMILES string of the molecule is C=C(CCC(C)C)Nc1nc2ccc(C)nc2n1C1CCC1. The van der Waals surface area contributed by atoms with E-state index in [1.165, 1.54) is 19.3 Å². The highest BCUT2D eigenvalue weighted by Gasteiger charge is 2.25. The van der Waals surface area contributed by atoms with Crippen LogP contribution in [0.15, 0.2) is 24.4 Å². The fraction of sp³-hybridized carbons (Fsp3) is 0.556. The second-order valence-electron chi connectivity index (χ2n) is 6.85. The molecule has 2 heterocycles. The lowest BCUT2D eigenvalue weighted by molar-refractivity contribution is 0.322. The second kappa shape index (κ2) is 6.11. The molecule has 0 saturated heterocycles. The predicted molar refractivity (Wildman–Crippen MR) is 92.0 cm³/mol. The molecule has 1 N–H and O–H groups in total. The van der Waals surface area contributed by atoms with Crippen LogP contribution in [-0.2, 0) is 0 Å². The Bertz CT molecular complexity index is 680. The van der Waals surface area contributed by atoms with Gasteiger partial charge in [-0.1, -0.05) is 20.4 Å². The van der Waals surface area contributed by atoms with Crippen molar-refractivity contribution in [3.05, 3.63) is 30.1 Å². The Labute approximate surface area is 132 Å². The number of rotatable bonds is 6. The smallest absolute Gasteiger partial charge is 0.209 e. The standard InChI is InChI=1S/C18H26N4/c1-12(2)8-9-14(4)20-18-21-16-11-10-13(3)19-17(16)22(18)15-6-5-7-15/h10-12,15H,4-9H2,1-3H3,(H,20,21). The highest BCUT2D eigenvalue weighted by atomic mass is 15.3. The first kappa shape index (κ1) is 15.1. The Hall–Kier alpha value is -1.84. The largest absolute Gasteiger partial charge is 0.330 e. The first-order valence-electron chi connectivity index (χ1n) is 8.35. The summed E-state index contributed by atoms with van der Waals surface area (Å²) in [6.07, 6.45) is 5.86. The average Bonchev–Trinajstić information content (AvgIpc) is 2.73. The van der Waals surface area contributed by atoms with Crippen LogP contribution in [0.5, 0.6) is 0 Å². The van der Waals surface area contributed by atoms with Crippen LogP contribution in [0, 0.1) is 12.8 Å². The molecule has 1 saturated carbocycles. The van der Waals surface area contributed by atoms with Crippen molar-refractivity contribution >= 4 is 17.1 Å². The van der Waals surface area contributed by atoms with Gasteiger partial charge in [-0.05, 0) is 57.1 Å². The van der Waals surface area contributed by atoms with Crippen LogP contribution in [0.1, 0.15) is 57.7 Å². The average molecular weight is 298 g/mol. The number of anilines is 1. The lowest BCUT2D eigenvalue weighted by Crippen LogP contribution is -2.19. The van der Waals surface area contributed by atoms with Crippen LogP contribution in [0.25, 0.3) is 11.2 Å². The number of hydrogen-bond acceptors (Lipinski definition) is 3. The van der Waals surface area contributed by atoms with Crippen LogP contribution in [0.4, 0.5) is 5.95 Å². The van der Waals surface area contributed by atoms with Gasteiger partial charge in [0.25, 0.3) is 0 Å². The number of nitrogens with one attached hydrogen (secondary N) is 1. The summed E-state index contributed by atoms with van der Waals surface area (Å²) in [5.41, 5.74) is 4.06. The van der Waals surface area contributed by atoms with Gasteiger partial charge in [-0.15, -0.1) is 0 Å². The van der Waals surface area contributed by atoms with Gasteiger partial charge in [-0.25, -0.2) is 9.97 Å². The van der Waals surface area contributed by atoms with E-state index in [1.807, 2.05) is 13.0 Å². The lowest BCUT2D eigenvalue weighted by Gasteiger charge is -2.29. The summed E-state index contributed by atoms with van der Waals surface area (Å²) >= 11 is 0. The molecule has 0 spiro atoms. The summed E-state index contributed by atoms with van der Waals surface area (Å²) in [4.78, 5) is 9.46. The number of hydrogen-bond donors (Lipinski definition) is 1. The highest BCUT2D eigenvalue weighted by Crippen LogP contribution is 2.37. The third-order valence-electron chi connectivity index (χ3n) is 4.43. The molecule has 118 valence electrons. The molecule has 0 bridgehead atoms. The zero-order chi connectivity index (χ0) is 15.7. The summed E-state index contributed by atoms with van der Waals surface area (Å²) in [6, 6.07) is 4.62. The van der Waals surface area contributed by atoms with Crippen molar-refractivity contribution in [3.8, 4) is 0 Å². The molecule has 4 heteroatoms. The van der Waals surface area contributed by atoms with Crippen molar-refractivity contribution in [2.24, 2.45) is 5.92 Å². The van der Waals surface area contributed by atoms with Gasteiger partial charge in [-0.3, -0.25) is 4.57 Å². The molecular weight excluding hydrogens is 272 g/mol. The maximum atomic E-state index is 4.75. The maximum absolute atomic E-state index is 4.75. The number of pyridine rings is 1. The first-order chi connectivity index (χ1) is 10.5. The van der Waals surface area contributed by atoms with E-state index >= 15 is 0 Å². The van der Waals surface area contributed by atoms with Gasteiger partial charge in [-0.2, -0.15) is 0 Å². The topological polar surface area (TPSA) is 42.7 Å². The molecule has 0 unspecified atom stereocenters. The fourth-order valence-electron chi connectivity index (χ4n) is 2.83. The van der Waals surface area contributed by atoms with E-state index in [9.17, 15) is 0 Å². The Kier molecular flexibility index (Phi) is 4.19. The molecule has 0 radical (unpaired) electrons. The monoisotopic (exact) mass is 298 g/mol. The highest BCUT2D eigenvalue weighted by molar-refractivity contribution is 5.75. The molecule has 0 aliphatic heterocycles. The van der Waals surface area contributed by atoms with E-state index < -0.39 is 0 Å². The van der Waals surface area contributed by atoms with E-state index in [-0.39, 0.29) is 0 Å². The number of fused-ring (bicyclic) bond motifs is 1. The second-order valence-corrected chi connectivity index (χ2v) is 6.85. The number of nitrogens with zero attached hydrogens (tertiary/aromatic N) is 3. The zero-order valence-electron chi connectivity index (χ0n) is 13.9. The molecule has 0 amide bonds. The molecule has 0 atom stereocenters. The number of aryl methyl sites for hydroxylation is 1. The quantitative estimate of drug-likeness (QED) is 0.831. The van der Waals surface area contributed by atoms with Crippen molar-refractivity contribution in [1.82, 2.24) is 14.5 Å². The van der Waals surface area contributed by atoms with Gasteiger partial charge < -0.3 is 5.32 Å². The van der Waals surface area contributed by atoms with E-state index in [0.717, 1.165) is 41.3 Å². The van der Waals surface area contributed by atoms with E-state index in [4.69, 9.17) is 9.97 Å². The van der Waals surface area contributed by atoms with Gasteiger partial charge in [0.15, 0.2) is 5.65 Å². The van der Waals surface area contributed by atoms with Crippen molar-refractivity contribution in [3.63, 3.8) is 0 Å². The van der Waals surface area contributed by atoms with Crippen molar-refractivity contribution in [1.29, 1.82) is 0 Å². The number of aromatic nitrogens is 3. The molecule has 1 aliphatic carbocycles. The third kappa shape index (κ3) is 3.01.